The van der Waals surface area contributed by atoms with Crippen LogP contribution in [-0.2, 0) is 19.4 Å². The Hall–Kier alpha value is -1.11. The Balaban J connectivity index is 2.64. The van der Waals surface area contributed by atoms with Crippen molar-refractivity contribution in [2.75, 3.05) is 31.6 Å². The van der Waals surface area contributed by atoms with Gasteiger partial charge in [0.1, 0.15) is 6.54 Å². The third-order valence-corrected chi connectivity index (χ3v) is 5.38. The molecular formula is C13H24N2O4S. The van der Waals surface area contributed by atoms with Crippen molar-refractivity contribution < 1.29 is 18.0 Å². The molecule has 0 aromatic rings. The number of amides is 2. The second-order valence-electron chi connectivity index (χ2n) is 5.37. The summed E-state index contributed by atoms with van der Waals surface area (Å²) in [5.41, 5.74) is 0. The fourth-order valence-electron chi connectivity index (χ4n) is 2.31. The predicted molar refractivity (Wildman–Crippen MR) is 77.0 cm³/mol. The van der Waals surface area contributed by atoms with Crippen LogP contribution in [0.1, 0.15) is 33.1 Å². The number of carbonyl (C=O) groups excluding carboxylic acids is 2. The second-order valence-corrected chi connectivity index (χ2v) is 7.60. The van der Waals surface area contributed by atoms with E-state index in [0.717, 1.165) is 12.8 Å². The molecule has 1 rings (SSSR count). The number of sulfone groups is 1. The highest BCUT2D eigenvalue weighted by atomic mass is 32.2. The largest absolute Gasteiger partial charge is 0.344 e. The molecule has 116 valence electrons. The van der Waals surface area contributed by atoms with Crippen LogP contribution in [0.15, 0.2) is 0 Å². The topological polar surface area (TPSA) is 74.8 Å². The van der Waals surface area contributed by atoms with Gasteiger partial charge < -0.3 is 9.80 Å². The van der Waals surface area contributed by atoms with Crippen LogP contribution in [0.4, 0.5) is 0 Å². The molecule has 0 aliphatic carbocycles. The maximum atomic E-state index is 12.1. The van der Waals surface area contributed by atoms with Gasteiger partial charge >= 0.3 is 0 Å². The van der Waals surface area contributed by atoms with E-state index in [1.165, 1.54) is 11.8 Å². The summed E-state index contributed by atoms with van der Waals surface area (Å²) in [5, 5.41) is 0. The molecule has 0 saturated carbocycles. The van der Waals surface area contributed by atoms with Crippen LogP contribution in [0.5, 0.6) is 0 Å². The molecule has 6 nitrogen and oxygen atoms in total. The lowest BCUT2D eigenvalue weighted by atomic mass is 10.2. The number of rotatable bonds is 6. The Morgan fingerprint density at radius 3 is 2.40 bits per heavy atom. The molecule has 2 amide bonds. The molecule has 1 saturated heterocycles. The molecule has 1 unspecified atom stereocenters. The van der Waals surface area contributed by atoms with Crippen LogP contribution in [0, 0.1) is 0 Å². The van der Waals surface area contributed by atoms with Crippen LogP contribution in [0.2, 0.25) is 0 Å². The third-order valence-electron chi connectivity index (χ3n) is 3.63. The average molecular weight is 304 g/mol. The van der Waals surface area contributed by atoms with E-state index < -0.39 is 9.84 Å². The summed E-state index contributed by atoms with van der Waals surface area (Å²) < 4.78 is 23.0. The second kappa shape index (κ2) is 7.06. The van der Waals surface area contributed by atoms with E-state index >= 15 is 0 Å². The Morgan fingerprint density at radius 1 is 1.30 bits per heavy atom. The van der Waals surface area contributed by atoms with Gasteiger partial charge in [0.25, 0.3) is 0 Å². The standard InChI is InChI=1S/C13H24N2O4S/c1-4-5-7-14(3)13(17)9-15(11(2)16)12-6-8-20(18,19)10-12/h12H,4-10H2,1-3H3. The van der Waals surface area contributed by atoms with Crippen LogP contribution < -0.4 is 0 Å². The number of nitrogens with zero attached hydrogens (tertiary/aromatic N) is 2. The van der Waals surface area contributed by atoms with Crippen molar-refractivity contribution in [3.05, 3.63) is 0 Å². The summed E-state index contributed by atoms with van der Waals surface area (Å²) in [6, 6.07) is -0.360. The zero-order valence-corrected chi connectivity index (χ0v) is 13.3. The van der Waals surface area contributed by atoms with Gasteiger partial charge in [0.2, 0.25) is 11.8 Å². The van der Waals surface area contributed by atoms with Crippen molar-refractivity contribution in [1.29, 1.82) is 0 Å². The van der Waals surface area contributed by atoms with Crippen LogP contribution in [0.3, 0.4) is 0 Å². The predicted octanol–water partition coefficient (Wildman–Crippen LogP) is 0.281. The van der Waals surface area contributed by atoms with Crippen molar-refractivity contribution in [3.63, 3.8) is 0 Å². The molecule has 1 heterocycles. The Morgan fingerprint density at radius 2 is 1.95 bits per heavy atom. The van der Waals surface area contributed by atoms with E-state index in [1.54, 1.807) is 11.9 Å². The Labute approximate surface area is 121 Å². The molecule has 0 radical (unpaired) electrons. The number of likely N-dealkylation sites (N-methyl/N-ethyl adjacent to an activating group) is 1. The first-order valence-electron chi connectivity index (χ1n) is 6.98. The zero-order valence-electron chi connectivity index (χ0n) is 12.5. The summed E-state index contributed by atoms with van der Waals surface area (Å²) in [6.45, 7) is 4.05. The third kappa shape index (κ3) is 4.77. The van der Waals surface area contributed by atoms with Crippen LogP contribution >= 0.6 is 0 Å². The Bertz CT molecular complexity index is 461. The minimum absolute atomic E-state index is 0.0292. The molecule has 0 aromatic heterocycles. The summed E-state index contributed by atoms with van der Waals surface area (Å²) in [7, 11) is -1.35. The summed E-state index contributed by atoms with van der Waals surface area (Å²) in [4.78, 5) is 26.7. The smallest absolute Gasteiger partial charge is 0.241 e. The number of carbonyl (C=O) groups is 2. The van der Waals surface area contributed by atoms with Gasteiger partial charge in [-0.1, -0.05) is 13.3 Å². The fourth-order valence-corrected chi connectivity index (χ4v) is 4.04. The molecular weight excluding hydrogens is 280 g/mol. The quantitative estimate of drug-likeness (QED) is 0.706. The summed E-state index contributed by atoms with van der Waals surface area (Å²) in [5.74, 6) is -0.317. The first kappa shape index (κ1) is 16.9. The SMILES string of the molecule is CCCCN(C)C(=O)CN(C(C)=O)C1CCS(=O)(=O)C1. The van der Waals surface area contributed by atoms with Crippen LogP contribution in [-0.4, -0.2) is 67.7 Å². The van der Waals surface area contributed by atoms with Crippen molar-refractivity contribution in [3.8, 4) is 0 Å². The molecule has 0 N–H and O–H groups in total. The molecule has 0 spiro atoms. The van der Waals surface area contributed by atoms with E-state index in [1.807, 2.05) is 6.92 Å². The number of hydrogen-bond acceptors (Lipinski definition) is 4. The maximum Gasteiger partial charge on any atom is 0.241 e. The van der Waals surface area contributed by atoms with E-state index in [9.17, 15) is 18.0 Å². The number of unbranched alkanes of at least 4 members (excludes halogenated alkanes) is 1. The zero-order chi connectivity index (χ0) is 15.3. The highest BCUT2D eigenvalue weighted by Crippen LogP contribution is 2.18. The highest BCUT2D eigenvalue weighted by Gasteiger charge is 2.34. The molecule has 20 heavy (non-hydrogen) atoms. The van der Waals surface area contributed by atoms with E-state index in [-0.39, 0.29) is 35.9 Å². The van der Waals surface area contributed by atoms with Gasteiger partial charge in [0, 0.05) is 26.6 Å². The molecule has 1 aliphatic rings. The van der Waals surface area contributed by atoms with Gasteiger partial charge in [-0.05, 0) is 12.8 Å². The van der Waals surface area contributed by atoms with Gasteiger partial charge in [0.15, 0.2) is 9.84 Å². The lowest BCUT2D eigenvalue weighted by Crippen LogP contribution is -2.46. The van der Waals surface area contributed by atoms with Gasteiger partial charge in [-0.15, -0.1) is 0 Å². The lowest BCUT2D eigenvalue weighted by Gasteiger charge is -2.28. The van der Waals surface area contributed by atoms with E-state index in [0.29, 0.717) is 13.0 Å². The van der Waals surface area contributed by atoms with Gasteiger partial charge in [-0.3, -0.25) is 9.59 Å². The van der Waals surface area contributed by atoms with E-state index in [4.69, 9.17) is 0 Å². The van der Waals surface area contributed by atoms with Crippen molar-refractivity contribution in [2.24, 2.45) is 0 Å². The first-order chi connectivity index (χ1) is 9.26. The van der Waals surface area contributed by atoms with Crippen molar-refractivity contribution >= 4 is 21.7 Å². The number of hydrogen-bond donors (Lipinski definition) is 0. The normalized spacial score (nSPS) is 20.6. The lowest BCUT2D eigenvalue weighted by molar-refractivity contribution is -0.140. The van der Waals surface area contributed by atoms with Crippen molar-refractivity contribution in [1.82, 2.24) is 9.80 Å². The molecule has 0 bridgehead atoms. The minimum Gasteiger partial charge on any atom is -0.344 e. The molecule has 0 aromatic carbocycles. The highest BCUT2D eigenvalue weighted by molar-refractivity contribution is 7.91. The molecule has 1 fully saturated rings. The fraction of sp³-hybridized carbons (Fsp3) is 0.846. The molecule has 1 aliphatic heterocycles. The summed E-state index contributed by atoms with van der Waals surface area (Å²) >= 11 is 0. The van der Waals surface area contributed by atoms with Gasteiger partial charge in [0.05, 0.1) is 11.5 Å². The molecule has 1 atom stereocenters. The average Bonchev–Trinajstić information content (AvgIpc) is 2.72. The minimum atomic E-state index is -3.06. The van der Waals surface area contributed by atoms with Crippen molar-refractivity contribution in [2.45, 2.75) is 39.2 Å². The molecule has 7 heteroatoms. The Kier molecular flexibility index (Phi) is 5.98. The summed E-state index contributed by atoms with van der Waals surface area (Å²) in [6.07, 6.45) is 2.34. The first-order valence-corrected chi connectivity index (χ1v) is 8.80. The van der Waals surface area contributed by atoms with Gasteiger partial charge in [-0.2, -0.15) is 0 Å². The van der Waals surface area contributed by atoms with Gasteiger partial charge in [-0.25, -0.2) is 8.42 Å². The maximum absolute atomic E-state index is 12.1. The van der Waals surface area contributed by atoms with Crippen LogP contribution in [0.25, 0.3) is 0 Å². The van der Waals surface area contributed by atoms with E-state index in [2.05, 4.69) is 0 Å². The monoisotopic (exact) mass is 304 g/mol.